The zero-order valence-corrected chi connectivity index (χ0v) is 11.9. The third kappa shape index (κ3) is 2.13. The summed E-state index contributed by atoms with van der Waals surface area (Å²) >= 11 is 0. The fourth-order valence-electron chi connectivity index (χ4n) is 3.30. The van der Waals surface area contributed by atoms with Crippen LogP contribution in [0.4, 0.5) is 4.39 Å². The number of fused-ring (bicyclic) bond motifs is 1. The maximum Gasteiger partial charge on any atom is 0.223 e. The summed E-state index contributed by atoms with van der Waals surface area (Å²) < 4.78 is 13.3. The van der Waals surface area contributed by atoms with E-state index >= 15 is 0 Å². The number of hydrogen-bond donors (Lipinski definition) is 2. The Hall–Kier alpha value is -1.84. The molecular formula is C17H19FN2O. The number of H-pyrrole nitrogens is 1. The zero-order valence-electron chi connectivity index (χ0n) is 11.9. The molecule has 0 radical (unpaired) electrons. The molecule has 2 aliphatic rings. The third-order valence-electron chi connectivity index (χ3n) is 5.15. The van der Waals surface area contributed by atoms with Crippen LogP contribution in [0.3, 0.4) is 0 Å². The van der Waals surface area contributed by atoms with Gasteiger partial charge in [-0.3, -0.25) is 4.79 Å². The number of halogens is 1. The minimum atomic E-state index is -0.223. The smallest absolute Gasteiger partial charge is 0.223 e. The molecule has 2 fully saturated rings. The normalized spacial score (nSPS) is 20.2. The number of carbonyl (C=O) groups excluding carboxylic acids is 1. The number of amides is 1. The fourth-order valence-corrected chi connectivity index (χ4v) is 3.30. The molecule has 21 heavy (non-hydrogen) atoms. The predicted molar refractivity (Wildman–Crippen MR) is 79.5 cm³/mol. The van der Waals surface area contributed by atoms with Gasteiger partial charge in [0.05, 0.1) is 0 Å². The van der Waals surface area contributed by atoms with Crippen LogP contribution in [0, 0.1) is 11.7 Å². The Morgan fingerprint density at radius 1 is 1.38 bits per heavy atom. The Balaban J connectivity index is 1.54. The van der Waals surface area contributed by atoms with E-state index in [-0.39, 0.29) is 23.1 Å². The molecule has 2 aromatic rings. The average molecular weight is 286 g/mol. The molecule has 2 saturated carbocycles. The van der Waals surface area contributed by atoms with Crippen LogP contribution in [0.15, 0.2) is 24.4 Å². The molecule has 0 unspecified atom stereocenters. The summed E-state index contributed by atoms with van der Waals surface area (Å²) in [6.07, 6.45) is 7.39. The Morgan fingerprint density at radius 2 is 2.19 bits per heavy atom. The average Bonchev–Trinajstić information content (AvgIpc) is 3.07. The second-order valence-corrected chi connectivity index (χ2v) is 6.52. The van der Waals surface area contributed by atoms with Crippen LogP contribution in [0.5, 0.6) is 0 Å². The number of rotatable bonds is 4. The van der Waals surface area contributed by atoms with Crippen LogP contribution in [0.1, 0.15) is 37.7 Å². The lowest BCUT2D eigenvalue weighted by molar-refractivity contribution is -0.127. The van der Waals surface area contributed by atoms with Gasteiger partial charge in [0, 0.05) is 35.0 Å². The van der Waals surface area contributed by atoms with Gasteiger partial charge in [0.2, 0.25) is 5.91 Å². The van der Waals surface area contributed by atoms with Crippen molar-refractivity contribution >= 4 is 16.8 Å². The van der Waals surface area contributed by atoms with Crippen molar-refractivity contribution in [1.29, 1.82) is 0 Å². The topological polar surface area (TPSA) is 44.9 Å². The van der Waals surface area contributed by atoms with Crippen LogP contribution in [-0.4, -0.2) is 17.4 Å². The van der Waals surface area contributed by atoms with Gasteiger partial charge in [-0.2, -0.15) is 0 Å². The van der Waals surface area contributed by atoms with Gasteiger partial charge >= 0.3 is 0 Å². The molecule has 2 N–H and O–H groups in total. The van der Waals surface area contributed by atoms with Crippen LogP contribution < -0.4 is 5.32 Å². The molecule has 110 valence electrons. The second kappa shape index (κ2) is 4.58. The van der Waals surface area contributed by atoms with Crippen molar-refractivity contribution in [3.8, 4) is 0 Å². The van der Waals surface area contributed by atoms with Gasteiger partial charge in [-0.05, 0) is 49.4 Å². The van der Waals surface area contributed by atoms with Crippen molar-refractivity contribution in [2.45, 2.75) is 37.5 Å². The largest absolute Gasteiger partial charge is 0.361 e. The van der Waals surface area contributed by atoms with E-state index in [2.05, 4.69) is 10.3 Å². The molecule has 0 atom stereocenters. The number of carbonyl (C=O) groups is 1. The van der Waals surface area contributed by atoms with E-state index in [1.807, 2.05) is 12.3 Å². The highest BCUT2D eigenvalue weighted by molar-refractivity contribution is 5.85. The molecule has 1 aromatic heterocycles. The summed E-state index contributed by atoms with van der Waals surface area (Å²) in [6.45, 7) is 0.701. The molecule has 4 rings (SSSR count). The van der Waals surface area contributed by atoms with Crippen LogP contribution in [0.25, 0.3) is 10.9 Å². The van der Waals surface area contributed by atoms with Gasteiger partial charge < -0.3 is 10.3 Å². The van der Waals surface area contributed by atoms with E-state index in [1.54, 1.807) is 0 Å². The van der Waals surface area contributed by atoms with Crippen LogP contribution in [-0.2, 0) is 10.2 Å². The molecule has 1 heterocycles. The summed E-state index contributed by atoms with van der Waals surface area (Å²) in [4.78, 5) is 15.2. The lowest BCUT2D eigenvalue weighted by atomic mass is 9.84. The van der Waals surface area contributed by atoms with Crippen molar-refractivity contribution in [2.75, 3.05) is 6.54 Å². The Labute approximate surface area is 122 Å². The highest BCUT2D eigenvalue weighted by Gasteiger charge is 2.46. The Kier molecular flexibility index (Phi) is 2.81. The first-order valence-corrected chi connectivity index (χ1v) is 7.73. The van der Waals surface area contributed by atoms with Gasteiger partial charge in [-0.15, -0.1) is 0 Å². The van der Waals surface area contributed by atoms with Gasteiger partial charge in [-0.1, -0.05) is 6.42 Å². The minimum absolute atomic E-state index is 0.0511. The van der Waals surface area contributed by atoms with Gasteiger partial charge in [0.25, 0.3) is 0 Å². The quantitative estimate of drug-likeness (QED) is 0.890. The van der Waals surface area contributed by atoms with E-state index in [0.29, 0.717) is 6.54 Å². The third-order valence-corrected chi connectivity index (χ3v) is 5.15. The minimum Gasteiger partial charge on any atom is -0.361 e. The summed E-state index contributed by atoms with van der Waals surface area (Å²) in [6, 6.07) is 4.87. The first kappa shape index (κ1) is 12.9. The number of aromatic nitrogens is 1. The molecule has 4 heteroatoms. The lowest BCUT2D eigenvalue weighted by Crippen LogP contribution is -2.38. The number of benzene rings is 1. The predicted octanol–water partition coefficient (Wildman–Crippen LogP) is 3.25. The fraction of sp³-hybridized carbons (Fsp3) is 0.471. The number of hydrogen-bond acceptors (Lipinski definition) is 1. The molecule has 0 bridgehead atoms. The summed E-state index contributed by atoms with van der Waals surface area (Å²) in [7, 11) is 0. The number of nitrogens with one attached hydrogen (secondary N) is 2. The first-order chi connectivity index (χ1) is 10.2. The van der Waals surface area contributed by atoms with Gasteiger partial charge in [0.1, 0.15) is 5.82 Å². The highest BCUT2D eigenvalue weighted by atomic mass is 19.1. The second-order valence-electron chi connectivity index (χ2n) is 6.52. The standard InChI is InChI=1S/C17H19FN2O/c18-12-4-5-13-14(9-19-15(13)8-12)17(6-7-17)10-20-16(21)11-2-1-3-11/h4-5,8-9,11,19H,1-3,6-7,10H2,(H,20,21). The van der Waals surface area contributed by atoms with Crippen molar-refractivity contribution in [2.24, 2.45) is 5.92 Å². The molecule has 0 spiro atoms. The first-order valence-electron chi connectivity index (χ1n) is 7.73. The highest BCUT2D eigenvalue weighted by Crippen LogP contribution is 2.50. The molecule has 0 saturated heterocycles. The van der Waals surface area contributed by atoms with Gasteiger partial charge in [-0.25, -0.2) is 4.39 Å². The summed E-state index contributed by atoms with van der Waals surface area (Å²) in [5.41, 5.74) is 2.10. The monoisotopic (exact) mass is 286 g/mol. The van der Waals surface area contributed by atoms with E-state index in [4.69, 9.17) is 0 Å². The SMILES string of the molecule is O=C(NCC1(c2c[nH]c3cc(F)ccc23)CC1)C1CCC1. The molecule has 1 aromatic carbocycles. The van der Waals surface area contributed by atoms with Crippen LogP contribution >= 0.6 is 0 Å². The van der Waals surface area contributed by atoms with E-state index in [9.17, 15) is 9.18 Å². The molecule has 0 aliphatic heterocycles. The van der Waals surface area contributed by atoms with Crippen molar-refractivity contribution < 1.29 is 9.18 Å². The molecule has 3 nitrogen and oxygen atoms in total. The Bertz CT molecular complexity index is 698. The van der Waals surface area contributed by atoms with Gasteiger partial charge in [0.15, 0.2) is 0 Å². The van der Waals surface area contributed by atoms with E-state index < -0.39 is 0 Å². The van der Waals surface area contributed by atoms with Crippen molar-refractivity contribution in [1.82, 2.24) is 10.3 Å². The summed E-state index contributed by atoms with van der Waals surface area (Å²) in [5, 5.41) is 4.20. The maximum absolute atomic E-state index is 13.3. The van der Waals surface area contributed by atoms with Crippen LogP contribution in [0.2, 0.25) is 0 Å². The molecule has 2 aliphatic carbocycles. The maximum atomic E-state index is 13.3. The molecular weight excluding hydrogens is 267 g/mol. The van der Waals surface area contributed by atoms with Crippen molar-refractivity contribution in [3.05, 3.63) is 35.8 Å². The Morgan fingerprint density at radius 3 is 2.86 bits per heavy atom. The van der Waals surface area contributed by atoms with E-state index in [0.717, 1.165) is 36.6 Å². The van der Waals surface area contributed by atoms with E-state index in [1.165, 1.54) is 24.1 Å². The number of aromatic amines is 1. The molecule has 1 amide bonds. The lowest BCUT2D eigenvalue weighted by Gasteiger charge is -2.25. The zero-order chi connectivity index (χ0) is 14.4. The van der Waals surface area contributed by atoms with Crippen molar-refractivity contribution in [3.63, 3.8) is 0 Å². The summed E-state index contributed by atoms with van der Waals surface area (Å²) in [5.74, 6) is 0.218.